The standard InChI is InChI=1S/C63H45N/c1-63(2)58-28-14-12-26-55(58)56-38-37-49(41-59(56)63)64(60-29-15-13-23-51(60)48-36-33-43-19-6-7-20-46(43)39-48)61-30-16-27-52(45-34-31-44(32-35-45)42-17-4-3-5-18-42)62(61)57-40-47-21-8-9-22-50(47)53-24-10-11-25-54(53)57/h3-41H,1-2H3. The van der Waals surface area contributed by atoms with Crippen molar-refractivity contribution in [1.29, 1.82) is 0 Å². The molecule has 12 rings (SSSR count). The van der Waals surface area contributed by atoms with Gasteiger partial charge < -0.3 is 4.90 Å². The van der Waals surface area contributed by atoms with Crippen molar-refractivity contribution in [3.63, 3.8) is 0 Å². The SMILES string of the molecule is CC1(C)c2ccccc2-c2ccc(N(c3ccccc3-c3ccc4ccccc4c3)c3cccc(-c4ccc(-c5ccccc5)cc4)c3-c3cc4ccccc4c4ccccc34)cc21. The lowest BCUT2D eigenvalue weighted by Crippen LogP contribution is -2.17. The Kier molecular flexibility index (Phi) is 8.91. The van der Waals surface area contributed by atoms with Crippen LogP contribution in [0.15, 0.2) is 237 Å². The summed E-state index contributed by atoms with van der Waals surface area (Å²) in [5, 5.41) is 7.41. The minimum absolute atomic E-state index is 0.175. The molecule has 0 saturated carbocycles. The third-order valence-corrected chi connectivity index (χ3v) is 13.7. The summed E-state index contributed by atoms with van der Waals surface area (Å²) in [4.78, 5) is 2.55. The molecule has 0 amide bonds. The van der Waals surface area contributed by atoms with Crippen molar-refractivity contribution in [2.45, 2.75) is 19.3 Å². The van der Waals surface area contributed by atoms with E-state index in [-0.39, 0.29) is 5.41 Å². The molecule has 1 nitrogen and oxygen atoms in total. The van der Waals surface area contributed by atoms with E-state index in [2.05, 4.69) is 255 Å². The van der Waals surface area contributed by atoms with Gasteiger partial charge in [-0.05, 0) is 124 Å². The molecule has 11 aromatic carbocycles. The molecule has 0 unspecified atom stereocenters. The van der Waals surface area contributed by atoms with Crippen LogP contribution in [0, 0.1) is 0 Å². The van der Waals surface area contributed by atoms with E-state index in [1.807, 2.05) is 0 Å². The molecule has 0 radical (unpaired) electrons. The highest BCUT2D eigenvalue weighted by molar-refractivity contribution is 6.17. The fourth-order valence-electron chi connectivity index (χ4n) is 10.5. The van der Waals surface area contributed by atoms with Crippen LogP contribution in [0.3, 0.4) is 0 Å². The Bertz CT molecular complexity index is 3580. The highest BCUT2D eigenvalue weighted by Gasteiger charge is 2.36. The second-order valence-electron chi connectivity index (χ2n) is 17.6. The zero-order valence-corrected chi connectivity index (χ0v) is 36.0. The Balaban J connectivity index is 1.17. The van der Waals surface area contributed by atoms with Crippen molar-refractivity contribution in [3.05, 3.63) is 248 Å². The summed E-state index contributed by atoms with van der Waals surface area (Å²) in [7, 11) is 0. The molecule has 0 saturated heterocycles. The Morgan fingerprint density at radius 1 is 0.297 bits per heavy atom. The molecule has 0 aliphatic heterocycles. The predicted molar refractivity (Wildman–Crippen MR) is 273 cm³/mol. The van der Waals surface area contributed by atoms with Crippen LogP contribution in [0.1, 0.15) is 25.0 Å². The van der Waals surface area contributed by atoms with Gasteiger partial charge in [0.1, 0.15) is 0 Å². The number of para-hydroxylation sites is 1. The third kappa shape index (κ3) is 6.15. The molecule has 0 bridgehead atoms. The van der Waals surface area contributed by atoms with E-state index in [1.54, 1.807) is 0 Å². The molecule has 0 heterocycles. The quantitative estimate of drug-likeness (QED) is 0.145. The molecule has 1 aliphatic carbocycles. The van der Waals surface area contributed by atoms with Crippen LogP contribution in [0.25, 0.3) is 88.0 Å². The zero-order chi connectivity index (χ0) is 42.8. The van der Waals surface area contributed by atoms with Gasteiger partial charge in [0.05, 0.1) is 11.4 Å². The van der Waals surface area contributed by atoms with E-state index >= 15 is 0 Å². The molecule has 64 heavy (non-hydrogen) atoms. The first-order valence-corrected chi connectivity index (χ1v) is 22.3. The second-order valence-corrected chi connectivity index (χ2v) is 17.6. The molecule has 0 atom stereocenters. The summed E-state index contributed by atoms with van der Waals surface area (Å²) in [6, 6.07) is 87.5. The van der Waals surface area contributed by atoms with Crippen LogP contribution in [0.2, 0.25) is 0 Å². The zero-order valence-electron chi connectivity index (χ0n) is 36.0. The first kappa shape index (κ1) is 37.7. The van der Waals surface area contributed by atoms with E-state index in [4.69, 9.17) is 0 Å². The van der Waals surface area contributed by atoms with Gasteiger partial charge in [0, 0.05) is 22.2 Å². The van der Waals surface area contributed by atoms with Crippen molar-refractivity contribution in [2.75, 3.05) is 4.90 Å². The summed E-state index contributed by atoms with van der Waals surface area (Å²) >= 11 is 0. The molecular formula is C63H45N. The highest BCUT2D eigenvalue weighted by Crippen LogP contribution is 2.54. The Morgan fingerprint density at radius 2 is 0.875 bits per heavy atom. The van der Waals surface area contributed by atoms with Crippen LogP contribution >= 0.6 is 0 Å². The Hall–Kier alpha value is -8.00. The maximum absolute atomic E-state index is 2.55. The molecule has 1 heteroatoms. The number of rotatable bonds is 7. The van der Waals surface area contributed by atoms with Crippen LogP contribution < -0.4 is 4.90 Å². The van der Waals surface area contributed by atoms with Crippen LogP contribution in [0.4, 0.5) is 17.1 Å². The number of hydrogen-bond acceptors (Lipinski definition) is 1. The van der Waals surface area contributed by atoms with E-state index < -0.39 is 0 Å². The molecule has 0 spiro atoms. The average Bonchev–Trinajstić information content (AvgIpc) is 3.59. The van der Waals surface area contributed by atoms with Gasteiger partial charge >= 0.3 is 0 Å². The average molecular weight is 816 g/mol. The van der Waals surface area contributed by atoms with Gasteiger partial charge in [-0.1, -0.05) is 214 Å². The monoisotopic (exact) mass is 815 g/mol. The predicted octanol–water partition coefficient (Wildman–Crippen LogP) is 17.6. The normalized spacial score (nSPS) is 12.7. The highest BCUT2D eigenvalue weighted by atomic mass is 15.1. The van der Waals surface area contributed by atoms with E-state index in [9.17, 15) is 0 Å². The number of hydrogen-bond donors (Lipinski definition) is 0. The number of nitrogens with zero attached hydrogens (tertiary/aromatic N) is 1. The molecule has 0 aromatic heterocycles. The van der Waals surface area contributed by atoms with Crippen LogP contribution in [0.5, 0.6) is 0 Å². The van der Waals surface area contributed by atoms with Crippen molar-refractivity contribution in [3.8, 4) is 55.6 Å². The minimum atomic E-state index is -0.175. The minimum Gasteiger partial charge on any atom is -0.309 e. The lowest BCUT2D eigenvalue weighted by Gasteiger charge is -2.32. The fraction of sp³-hybridized carbons (Fsp3) is 0.0476. The van der Waals surface area contributed by atoms with Gasteiger partial charge in [-0.3, -0.25) is 0 Å². The van der Waals surface area contributed by atoms with Crippen molar-refractivity contribution >= 4 is 49.4 Å². The second kappa shape index (κ2) is 15.1. The molecule has 0 N–H and O–H groups in total. The van der Waals surface area contributed by atoms with Gasteiger partial charge in [-0.15, -0.1) is 0 Å². The third-order valence-electron chi connectivity index (χ3n) is 13.7. The number of benzene rings is 11. The first-order chi connectivity index (χ1) is 31.5. The Morgan fingerprint density at radius 3 is 1.70 bits per heavy atom. The molecule has 302 valence electrons. The molecular weight excluding hydrogens is 771 g/mol. The van der Waals surface area contributed by atoms with E-state index in [0.717, 1.165) is 17.1 Å². The summed E-state index contributed by atoms with van der Waals surface area (Å²) in [6.07, 6.45) is 0. The lowest BCUT2D eigenvalue weighted by molar-refractivity contribution is 0.660. The molecule has 0 fully saturated rings. The van der Waals surface area contributed by atoms with E-state index in [0.29, 0.717) is 0 Å². The summed E-state index contributed by atoms with van der Waals surface area (Å²) in [5.74, 6) is 0. The largest absolute Gasteiger partial charge is 0.309 e. The maximum atomic E-state index is 2.55. The van der Waals surface area contributed by atoms with Crippen molar-refractivity contribution in [2.24, 2.45) is 0 Å². The smallest absolute Gasteiger partial charge is 0.0546 e. The molecule has 11 aromatic rings. The van der Waals surface area contributed by atoms with Gasteiger partial charge in [0.15, 0.2) is 0 Å². The van der Waals surface area contributed by atoms with Gasteiger partial charge in [0.25, 0.3) is 0 Å². The molecule has 1 aliphatic rings. The van der Waals surface area contributed by atoms with Crippen LogP contribution in [-0.4, -0.2) is 0 Å². The van der Waals surface area contributed by atoms with Gasteiger partial charge in [0.2, 0.25) is 0 Å². The van der Waals surface area contributed by atoms with Gasteiger partial charge in [-0.25, -0.2) is 0 Å². The van der Waals surface area contributed by atoms with E-state index in [1.165, 1.54) is 99.1 Å². The Labute approximate surface area is 375 Å². The summed E-state index contributed by atoms with van der Waals surface area (Å²) in [5.41, 5.74) is 18.0. The summed E-state index contributed by atoms with van der Waals surface area (Å²) < 4.78 is 0. The lowest BCUT2D eigenvalue weighted by atomic mass is 9.82. The fourth-order valence-corrected chi connectivity index (χ4v) is 10.5. The van der Waals surface area contributed by atoms with Gasteiger partial charge in [-0.2, -0.15) is 0 Å². The summed E-state index contributed by atoms with van der Waals surface area (Å²) in [6.45, 7) is 4.75. The number of anilines is 3. The number of fused-ring (bicyclic) bond motifs is 7. The van der Waals surface area contributed by atoms with Crippen molar-refractivity contribution < 1.29 is 0 Å². The van der Waals surface area contributed by atoms with Crippen LogP contribution in [-0.2, 0) is 5.41 Å². The topological polar surface area (TPSA) is 3.24 Å². The maximum Gasteiger partial charge on any atom is 0.0546 e. The van der Waals surface area contributed by atoms with Crippen molar-refractivity contribution in [1.82, 2.24) is 0 Å². The first-order valence-electron chi connectivity index (χ1n) is 22.3.